The Balaban J connectivity index is 2.70. The molecule has 120 valence electrons. The summed E-state index contributed by atoms with van der Waals surface area (Å²) in [6, 6.07) is 4.79. The van der Waals surface area contributed by atoms with Gasteiger partial charge < -0.3 is 11.5 Å². The second-order valence-electron chi connectivity index (χ2n) is 5.01. The zero-order chi connectivity index (χ0) is 16.8. The molecule has 0 bridgehead atoms. The zero-order valence-electron chi connectivity index (χ0n) is 11.0. The van der Waals surface area contributed by atoms with E-state index in [9.17, 15) is 26.3 Å². The number of anilines is 1. The van der Waals surface area contributed by atoms with E-state index in [4.69, 9.17) is 11.5 Å². The molecule has 0 amide bonds. The van der Waals surface area contributed by atoms with E-state index in [1.807, 2.05) is 0 Å². The first-order valence-corrected chi connectivity index (χ1v) is 6.14. The number of allylic oxidation sites excluding steroid dienone is 3. The van der Waals surface area contributed by atoms with Crippen molar-refractivity contribution in [2.75, 3.05) is 5.73 Å². The number of benzene rings is 1. The first kappa shape index (κ1) is 16.3. The maximum absolute atomic E-state index is 13.4. The van der Waals surface area contributed by atoms with Gasteiger partial charge in [-0.1, -0.05) is 18.2 Å². The summed E-state index contributed by atoms with van der Waals surface area (Å²) in [6.07, 6.45) is -9.23. The van der Waals surface area contributed by atoms with Gasteiger partial charge in [0.2, 0.25) is 0 Å². The molecule has 0 fully saturated rings. The molecule has 4 N–H and O–H groups in total. The van der Waals surface area contributed by atoms with Crippen LogP contribution in [-0.2, 0) is 0 Å². The van der Waals surface area contributed by atoms with Gasteiger partial charge in [-0.25, -0.2) is 0 Å². The predicted molar refractivity (Wildman–Crippen MR) is 69.5 cm³/mol. The number of hydrogen-bond donors (Lipinski definition) is 2. The lowest BCUT2D eigenvalue weighted by Gasteiger charge is -2.42. The molecule has 1 unspecified atom stereocenters. The average Bonchev–Trinajstić information content (AvgIpc) is 2.37. The first-order valence-electron chi connectivity index (χ1n) is 6.14. The molecule has 1 atom stereocenters. The van der Waals surface area contributed by atoms with Crippen molar-refractivity contribution in [3.05, 3.63) is 53.8 Å². The van der Waals surface area contributed by atoms with Crippen molar-refractivity contribution in [2.45, 2.75) is 18.3 Å². The molecule has 1 aliphatic rings. The molecule has 0 aliphatic heterocycles. The average molecular weight is 322 g/mol. The fourth-order valence-corrected chi connectivity index (χ4v) is 2.51. The topological polar surface area (TPSA) is 52.0 Å². The summed E-state index contributed by atoms with van der Waals surface area (Å²) in [6.45, 7) is 0. The van der Waals surface area contributed by atoms with E-state index in [1.54, 1.807) is 0 Å². The zero-order valence-corrected chi connectivity index (χ0v) is 11.0. The highest BCUT2D eigenvalue weighted by atomic mass is 19.4. The number of rotatable bonds is 1. The van der Waals surface area contributed by atoms with Crippen LogP contribution in [0.5, 0.6) is 0 Å². The molecule has 0 heterocycles. The van der Waals surface area contributed by atoms with Crippen molar-refractivity contribution in [1.82, 2.24) is 0 Å². The van der Waals surface area contributed by atoms with Crippen LogP contribution in [0.1, 0.15) is 11.5 Å². The van der Waals surface area contributed by atoms with E-state index in [-0.39, 0.29) is 17.3 Å². The summed E-state index contributed by atoms with van der Waals surface area (Å²) >= 11 is 0. The van der Waals surface area contributed by atoms with Gasteiger partial charge in [0.15, 0.2) is 5.41 Å². The van der Waals surface area contributed by atoms with Crippen molar-refractivity contribution in [3.63, 3.8) is 0 Å². The molecule has 0 aromatic heterocycles. The monoisotopic (exact) mass is 322 g/mol. The van der Waals surface area contributed by atoms with Gasteiger partial charge in [-0.15, -0.1) is 0 Å². The van der Waals surface area contributed by atoms with Crippen LogP contribution >= 0.6 is 0 Å². The number of nitrogen functional groups attached to an aromatic ring is 1. The van der Waals surface area contributed by atoms with Crippen LogP contribution in [0.3, 0.4) is 0 Å². The Morgan fingerprint density at radius 3 is 1.82 bits per heavy atom. The fourth-order valence-electron chi connectivity index (χ4n) is 2.51. The molecule has 2 rings (SSSR count). The molecule has 22 heavy (non-hydrogen) atoms. The third-order valence-corrected chi connectivity index (χ3v) is 3.60. The van der Waals surface area contributed by atoms with E-state index in [1.165, 1.54) is 12.1 Å². The van der Waals surface area contributed by atoms with E-state index < -0.39 is 29.4 Å². The Morgan fingerprint density at radius 1 is 0.864 bits per heavy atom. The highest BCUT2D eigenvalue weighted by Crippen LogP contribution is 2.60. The molecule has 0 radical (unpaired) electrons. The summed E-state index contributed by atoms with van der Waals surface area (Å²) in [4.78, 5) is 0. The molecular weight excluding hydrogens is 310 g/mol. The minimum atomic E-state index is -5.56. The molecular formula is C14H12F6N2. The molecule has 2 nitrogen and oxygen atoms in total. The lowest BCUT2D eigenvalue weighted by molar-refractivity contribution is -0.326. The lowest BCUT2D eigenvalue weighted by atomic mass is 9.68. The normalized spacial score (nSPS) is 21.5. The number of nitrogens with two attached hydrogens (primary N) is 2. The summed E-state index contributed by atoms with van der Waals surface area (Å²) in [7, 11) is 0. The summed E-state index contributed by atoms with van der Waals surface area (Å²) in [5.74, 6) is -1.97. The van der Waals surface area contributed by atoms with Gasteiger partial charge in [0.1, 0.15) is 0 Å². The van der Waals surface area contributed by atoms with Crippen LogP contribution in [0.4, 0.5) is 32.0 Å². The number of hydrogen-bond acceptors (Lipinski definition) is 2. The van der Waals surface area contributed by atoms with Gasteiger partial charge in [0, 0.05) is 17.3 Å². The molecule has 0 saturated carbocycles. The Morgan fingerprint density at radius 2 is 1.36 bits per heavy atom. The predicted octanol–water partition coefficient (Wildman–Crippen LogP) is 3.88. The summed E-state index contributed by atoms with van der Waals surface area (Å²) < 4.78 is 80.4. The second kappa shape index (κ2) is 4.96. The molecule has 0 spiro atoms. The molecule has 8 heteroatoms. The van der Waals surface area contributed by atoms with Crippen LogP contribution in [-0.4, -0.2) is 12.4 Å². The van der Waals surface area contributed by atoms with Gasteiger partial charge in [-0.2, -0.15) is 26.3 Å². The van der Waals surface area contributed by atoms with Crippen LogP contribution < -0.4 is 11.5 Å². The standard InChI is InChI=1S/C14H12F6N2/c15-13(16,17)12(14(18,19)20)7-10(22)5-6-11(12)8-1-3-9(21)4-2-8/h1-7,11H,21-22H2. The van der Waals surface area contributed by atoms with Crippen molar-refractivity contribution in [2.24, 2.45) is 11.1 Å². The molecule has 1 aromatic rings. The van der Waals surface area contributed by atoms with Crippen molar-refractivity contribution < 1.29 is 26.3 Å². The molecule has 0 saturated heterocycles. The van der Waals surface area contributed by atoms with E-state index >= 15 is 0 Å². The number of halogens is 6. The first-order chi connectivity index (χ1) is 9.99. The maximum Gasteiger partial charge on any atom is 0.407 e. The SMILES string of the molecule is NC1=CC(C(F)(F)F)(C(F)(F)F)C(c2ccc(N)cc2)C=C1. The Labute approximate surface area is 122 Å². The Kier molecular flexibility index (Phi) is 3.67. The Hall–Kier alpha value is -2.12. The van der Waals surface area contributed by atoms with Crippen molar-refractivity contribution in [1.29, 1.82) is 0 Å². The summed E-state index contributed by atoms with van der Waals surface area (Å²) in [5.41, 5.74) is 6.08. The molecule has 1 aromatic carbocycles. The van der Waals surface area contributed by atoms with Gasteiger partial charge >= 0.3 is 12.4 Å². The van der Waals surface area contributed by atoms with Crippen LogP contribution in [0, 0.1) is 5.41 Å². The third-order valence-electron chi connectivity index (χ3n) is 3.60. The van der Waals surface area contributed by atoms with E-state index in [0.717, 1.165) is 24.3 Å². The van der Waals surface area contributed by atoms with E-state index in [0.29, 0.717) is 0 Å². The minimum Gasteiger partial charge on any atom is -0.399 e. The van der Waals surface area contributed by atoms with Crippen molar-refractivity contribution in [3.8, 4) is 0 Å². The van der Waals surface area contributed by atoms with Gasteiger partial charge in [0.25, 0.3) is 0 Å². The Bertz CT molecular complexity index is 596. The quantitative estimate of drug-likeness (QED) is 0.609. The fraction of sp³-hybridized carbons (Fsp3) is 0.286. The highest BCUT2D eigenvalue weighted by Gasteiger charge is 2.73. The highest BCUT2D eigenvalue weighted by molar-refractivity contribution is 5.45. The second-order valence-corrected chi connectivity index (χ2v) is 5.01. The van der Waals surface area contributed by atoms with Crippen LogP contribution in [0.25, 0.3) is 0 Å². The van der Waals surface area contributed by atoms with E-state index in [2.05, 4.69) is 0 Å². The molecule has 1 aliphatic carbocycles. The minimum absolute atomic E-state index is 0.0357. The van der Waals surface area contributed by atoms with Gasteiger partial charge in [-0.05, 0) is 29.8 Å². The van der Waals surface area contributed by atoms with Crippen LogP contribution in [0.2, 0.25) is 0 Å². The smallest absolute Gasteiger partial charge is 0.399 e. The largest absolute Gasteiger partial charge is 0.407 e. The lowest BCUT2D eigenvalue weighted by Crippen LogP contribution is -2.53. The summed E-state index contributed by atoms with van der Waals surface area (Å²) in [5, 5.41) is 0. The number of alkyl halides is 6. The van der Waals surface area contributed by atoms with Crippen LogP contribution in [0.15, 0.2) is 48.2 Å². The third kappa shape index (κ3) is 2.42. The van der Waals surface area contributed by atoms with Gasteiger partial charge in [0.05, 0.1) is 0 Å². The van der Waals surface area contributed by atoms with Gasteiger partial charge in [-0.3, -0.25) is 0 Å². The maximum atomic E-state index is 13.4. The van der Waals surface area contributed by atoms with Crippen molar-refractivity contribution >= 4 is 5.69 Å².